The van der Waals surface area contributed by atoms with E-state index in [-0.39, 0.29) is 0 Å². The van der Waals surface area contributed by atoms with E-state index in [0.717, 1.165) is 19.0 Å². The lowest BCUT2D eigenvalue weighted by atomic mass is 9.98. The van der Waals surface area contributed by atoms with Gasteiger partial charge < -0.3 is 0 Å². The number of hydrogen-bond donors (Lipinski definition) is 0. The molecule has 1 nitrogen and oxygen atoms in total. The van der Waals surface area contributed by atoms with Crippen molar-refractivity contribution in [3.8, 4) is 0 Å². The van der Waals surface area contributed by atoms with Gasteiger partial charge in [0, 0.05) is 6.54 Å². The van der Waals surface area contributed by atoms with E-state index in [9.17, 15) is 0 Å². The molecule has 0 aliphatic heterocycles. The van der Waals surface area contributed by atoms with E-state index in [1.165, 1.54) is 43.4 Å². The van der Waals surface area contributed by atoms with Crippen molar-refractivity contribution in [1.82, 2.24) is 4.90 Å². The fraction of sp³-hybridized carbons (Fsp3) is 0.667. The Morgan fingerprint density at radius 1 is 1.26 bits per heavy atom. The van der Waals surface area contributed by atoms with E-state index < -0.39 is 0 Å². The summed E-state index contributed by atoms with van der Waals surface area (Å²) >= 11 is 0. The van der Waals surface area contributed by atoms with Crippen LogP contribution in [0.4, 0.5) is 0 Å². The molecule has 0 N–H and O–H groups in total. The molecule has 1 aromatic rings. The van der Waals surface area contributed by atoms with Crippen LogP contribution in [0.15, 0.2) is 18.2 Å². The van der Waals surface area contributed by atoms with Crippen molar-refractivity contribution in [2.75, 3.05) is 13.1 Å². The van der Waals surface area contributed by atoms with Gasteiger partial charge in [-0.3, -0.25) is 4.90 Å². The first-order valence-electron chi connectivity index (χ1n) is 7.88. The summed E-state index contributed by atoms with van der Waals surface area (Å²) in [5, 5.41) is 0. The van der Waals surface area contributed by atoms with Crippen LogP contribution in [-0.2, 0) is 13.0 Å². The van der Waals surface area contributed by atoms with Crippen molar-refractivity contribution >= 4 is 0 Å². The number of nitrogens with zero attached hydrogens (tertiary/aromatic N) is 1. The molecule has 0 spiro atoms. The molecule has 0 heterocycles. The van der Waals surface area contributed by atoms with Crippen molar-refractivity contribution in [2.45, 2.75) is 59.9 Å². The number of rotatable bonds is 9. The Balaban J connectivity index is 2.64. The van der Waals surface area contributed by atoms with E-state index in [4.69, 9.17) is 0 Å². The van der Waals surface area contributed by atoms with Gasteiger partial charge in [-0.15, -0.1) is 0 Å². The molecule has 0 fully saturated rings. The smallest absolute Gasteiger partial charge is 0.0236 e. The minimum atomic E-state index is 0.767. The second-order valence-corrected chi connectivity index (χ2v) is 5.83. The highest BCUT2D eigenvalue weighted by Crippen LogP contribution is 2.16. The van der Waals surface area contributed by atoms with Gasteiger partial charge in [0.05, 0.1) is 0 Å². The Morgan fingerprint density at radius 3 is 2.68 bits per heavy atom. The molecule has 19 heavy (non-hydrogen) atoms. The molecule has 107 valence electrons. The van der Waals surface area contributed by atoms with Crippen molar-refractivity contribution in [3.63, 3.8) is 0 Å². The van der Waals surface area contributed by atoms with Crippen LogP contribution in [0.25, 0.3) is 0 Å². The lowest BCUT2D eigenvalue weighted by Crippen LogP contribution is -2.24. The topological polar surface area (TPSA) is 3.24 Å². The summed E-state index contributed by atoms with van der Waals surface area (Å²) in [5.41, 5.74) is 2.90. The predicted octanol–water partition coefficient (Wildman–Crippen LogP) is 4.70. The third-order valence-corrected chi connectivity index (χ3v) is 3.68. The van der Waals surface area contributed by atoms with Crippen LogP contribution >= 0.6 is 0 Å². The van der Waals surface area contributed by atoms with E-state index >= 15 is 0 Å². The number of aryl methyl sites for hydroxylation is 1. The highest BCUT2D eigenvalue weighted by molar-refractivity contribution is 5.26. The van der Waals surface area contributed by atoms with Crippen LogP contribution < -0.4 is 0 Å². The predicted molar refractivity (Wildman–Crippen MR) is 84.3 cm³/mol. The van der Waals surface area contributed by atoms with Gasteiger partial charge >= 0.3 is 0 Å². The fourth-order valence-corrected chi connectivity index (χ4v) is 2.29. The maximum absolute atomic E-state index is 3.45. The minimum Gasteiger partial charge on any atom is -0.299 e. The first-order chi connectivity index (χ1) is 9.17. The summed E-state index contributed by atoms with van der Waals surface area (Å²) in [4.78, 5) is 2.55. The molecule has 0 atom stereocenters. The fourth-order valence-electron chi connectivity index (χ4n) is 2.29. The summed E-state index contributed by atoms with van der Waals surface area (Å²) in [6.45, 7) is 12.5. The highest BCUT2D eigenvalue weighted by Gasteiger charge is 2.08. The van der Waals surface area contributed by atoms with Crippen LogP contribution in [0, 0.1) is 12.0 Å². The van der Waals surface area contributed by atoms with Gasteiger partial charge in [0.25, 0.3) is 0 Å². The van der Waals surface area contributed by atoms with Gasteiger partial charge in [0.2, 0.25) is 0 Å². The second kappa shape index (κ2) is 9.14. The van der Waals surface area contributed by atoms with Crippen molar-refractivity contribution in [3.05, 3.63) is 35.4 Å². The van der Waals surface area contributed by atoms with Crippen molar-refractivity contribution in [1.29, 1.82) is 0 Å². The van der Waals surface area contributed by atoms with Gasteiger partial charge in [0.15, 0.2) is 0 Å². The summed E-state index contributed by atoms with van der Waals surface area (Å²) in [7, 11) is 0. The third kappa shape index (κ3) is 6.24. The molecule has 0 amide bonds. The van der Waals surface area contributed by atoms with Gasteiger partial charge in [-0.25, -0.2) is 0 Å². The average Bonchev–Trinajstić information content (AvgIpc) is 2.42. The van der Waals surface area contributed by atoms with Crippen LogP contribution in [0.1, 0.15) is 58.1 Å². The summed E-state index contributed by atoms with van der Waals surface area (Å²) in [6.07, 6.45) is 5.00. The Morgan fingerprint density at radius 2 is 2.05 bits per heavy atom. The molecule has 1 radical (unpaired) electrons. The van der Waals surface area contributed by atoms with Crippen LogP contribution in [0.3, 0.4) is 0 Å². The van der Waals surface area contributed by atoms with E-state index in [0.29, 0.717) is 0 Å². The van der Waals surface area contributed by atoms with E-state index in [1.54, 1.807) is 0 Å². The van der Waals surface area contributed by atoms with Crippen LogP contribution in [0.5, 0.6) is 0 Å². The first kappa shape index (κ1) is 16.2. The molecule has 0 unspecified atom stereocenters. The van der Waals surface area contributed by atoms with E-state index in [2.05, 4.69) is 56.9 Å². The Hall–Kier alpha value is -0.820. The molecule has 0 saturated heterocycles. The SMILES string of the molecule is CCCCN(CC)Cc1ccc[c]c1CCC(C)C. The molecule has 0 aliphatic rings. The van der Waals surface area contributed by atoms with Gasteiger partial charge in [-0.05, 0) is 55.5 Å². The summed E-state index contributed by atoms with van der Waals surface area (Å²) in [6, 6.07) is 9.91. The molecular formula is C18H30N. The number of hydrogen-bond acceptors (Lipinski definition) is 1. The zero-order chi connectivity index (χ0) is 14.1. The number of unbranched alkanes of at least 4 members (excludes halogenated alkanes) is 1. The van der Waals surface area contributed by atoms with Crippen LogP contribution in [-0.4, -0.2) is 18.0 Å². The molecule has 0 saturated carbocycles. The van der Waals surface area contributed by atoms with Gasteiger partial charge in [-0.2, -0.15) is 0 Å². The lowest BCUT2D eigenvalue weighted by Gasteiger charge is -2.22. The summed E-state index contributed by atoms with van der Waals surface area (Å²) < 4.78 is 0. The van der Waals surface area contributed by atoms with Crippen LogP contribution in [0.2, 0.25) is 0 Å². The first-order valence-corrected chi connectivity index (χ1v) is 7.88. The Kier molecular flexibility index (Phi) is 7.81. The second-order valence-electron chi connectivity index (χ2n) is 5.83. The normalized spacial score (nSPS) is 11.5. The quantitative estimate of drug-likeness (QED) is 0.622. The largest absolute Gasteiger partial charge is 0.299 e. The lowest BCUT2D eigenvalue weighted by molar-refractivity contribution is 0.274. The Labute approximate surface area is 120 Å². The number of benzene rings is 1. The maximum Gasteiger partial charge on any atom is 0.0236 e. The molecule has 0 bridgehead atoms. The molecule has 1 aromatic carbocycles. The average molecular weight is 260 g/mol. The molecule has 1 heteroatoms. The zero-order valence-electron chi connectivity index (χ0n) is 13.2. The standard InChI is InChI=1S/C18H30N/c1-5-7-14-19(6-2)15-18-11-9-8-10-17(18)13-12-16(3)4/h8-9,11,16H,5-7,12-15H2,1-4H3. The summed E-state index contributed by atoms with van der Waals surface area (Å²) in [5.74, 6) is 0.767. The molecule has 0 aliphatic carbocycles. The monoisotopic (exact) mass is 260 g/mol. The van der Waals surface area contributed by atoms with Crippen molar-refractivity contribution < 1.29 is 0 Å². The molecule has 1 rings (SSSR count). The third-order valence-electron chi connectivity index (χ3n) is 3.68. The maximum atomic E-state index is 3.45. The Bertz CT molecular complexity index is 343. The minimum absolute atomic E-state index is 0.767. The van der Waals surface area contributed by atoms with Gasteiger partial charge in [0.1, 0.15) is 0 Å². The zero-order valence-corrected chi connectivity index (χ0v) is 13.2. The van der Waals surface area contributed by atoms with Gasteiger partial charge in [-0.1, -0.05) is 52.3 Å². The van der Waals surface area contributed by atoms with Crippen molar-refractivity contribution in [2.24, 2.45) is 5.92 Å². The molecular weight excluding hydrogens is 230 g/mol. The van der Waals surface area contributed by atoms with E-state index in [1.807, 2.05) is 0 Å². The molecule has 0 aromatic heterocycles. The highest BCUT2D eigenvalue weighted by atomic mass is 15.1.